The maximum atomic E-state index is 12.1. The first-order valence-electron chi connectivity index (χ1n) is 5.89. The van der Waals surface area contributed by atoms with Crippen molar-refractivity contribution in [3.05, 3.63) is 29.2 Å². The molecule has 0 atom stereocenters. The molecule has 18 heavy (non-hydrogen) atoms. The van der Waals surface area contributed by atoms with Crippen LogP contribution < -0.4 is 0 Å². The van der Waals surface area contributed by atoms with Gasteiger partial charge >= 0.3 is 0 Å². The normalized spacial score (nSPS) is 10.8. The first-order chi connectivity index (χ1) is 8.61. The van der Waals surface area contributed by atoms with E-state index in [4.69, 9.17) is 11.6 Å². The quantitative estimate of drug-likeness (QED) is 0.853. The molecule has 6 heteroatoms. The van der Waals surface area contributed by atoms with Gasteiger partial charge in [0.2, 0.25) is 0 Å². The Morgan fingerprint density at radius 2 is 2.28 bits per heavy atom. The second-order valence-electron chi connectivity index (χ2n) is 4.17. The van der Waals surface area contributed by atoms with Crippen LogP contribution in [0.2, 0.25) is 5.15 Å². The van der Waals surface area contributed by atoms with Gasteiger partial charge in [0.25, 0.3) is 5.91 Å². The van der Waals surface area contributed by atoms with Crippen LogP contribution in [-0.2, 0) is 0 Å². The predicted molar refractivity (Wildman–Crippen MR) is 69.9 cm³/mol. The Kier molecular flexibility index (Phi) is 3.81. The Hall–Kier alpha value is -1.62. The van der Waals surface area contributed by atoms with Crippen molar-refractivity contribution in [2.24, 2.45) is 0 Å². The Morgan fingerprint density at radius 1 is 1.50 bits per heavy atom. The molecule has 2 aromatic heterocycles. The number of hydrogen-bond acceptors (Lipinski definition) is 3. The van der Waals surface area contributed by atoms with Crippen LogP contribution in [0, 0.1) is 0 Å². The number of halogens is 1. The van der Waals surface area contributed by atoms with Crippen molar-refractivity contribution >= 4 is 23.2 Å². The van der Waals surface area contributed by atoms with E-state index >= 15 is 0 Å². The highest BCUT2D eigenvalue weighted by Gasteiger charge is 2.15. The fourth-order valence-corrected chi connectivity index (χ4v) is 1.80. The van der Waals surface area contributed by atoms with Gasteiger partial charge in [0, 0.05) is 13.6 Å². The van der Waals surface area contributed by atoms with Crippen LogP contribution >= 0.6 is 11.6 Å². The molecule has 5 nitrogen and oxygen atoms in total. The van der Waals surface area contributed by atoms with Gasteiger partial charge in [-0.15, -0.1) is 0 Å². The summed E-state index contributed by atoms with van der Waals surface area (Å²) in [5.41, 5.74) is 1.01. The molecule has 2 aromatic rings. The molecule has 0 unspecified atom stereocenters. The molecule has 0 saturated carbocycles. The van der Waals surface area contributed by atoms with Crippen LogP contribution in [0.15, 0.2) is 18.3 Å². The molecule has 0 aliphatic rings. The van der Waals surface area contributed by atoms with Gasteiger partial charge in [-0.1, -0.05) is 24.9 Å². The van der Waals surface area contributed by atoms with Crippen LogP contribution in [0.5, 0.6) is 0 Å². The first kappa shape index (κ1) is 12.8. The lowest BCUT2D eigenvalue weighted by Gasteiger charge is -2.14. The average molecular weight is 267 g/mol. The molecule has 0 saturated heterocycles. The number of rotatable bonds is 4. The zero-order valence-electron chi connectivity index (χ0n) is 10.4. The van der Waals surface area contributed by atoms with Crippen molar-refractivity contribution in [1.29, 1.82) is 0 Å². The predicted octanol–water partition coefficient (Wildman–Crippen LogP) is 2.25. The zero-order valence-corrected chi connectivity index (χ0v) is 11.2. The lowest BCUT2D eigenvalue weighted by molar-refractivity contribution is 0.0788. The van der Waals surface area contributed by atoms with E-state index in [2.05, 4.69) is 17.0 Å². The summed E-state index contributed by atoms with van der Waals surface area (Å²) in [4.78, 5) is 18.0. The van der Waals surface area contributed by atoms with E-state index in [1.165, 1.54) is 4.52 Å². The Balaban J connectivity index is 2.22. The third kappa shape index (κ3) is 2.61. The number of nitrogens with zero attached hydrogens (tertiary/aromatic N) is 4. The van der Waals surface area contributed by atoms with Crippen molar-refractivity contribution < 1.29 is 4.79 Å². The van der Waals surface area contributed by atoms with Crippen molar-refractivity contribution in [3.8, 4) is 0 Å². The molecule has 0 aliphatic heterocycles. The Morgan fingerprint density at radius 3 is 3.00 bits per heavy atom. The molecular weight excluding hydrogens is 252 g/mol. The molecule has 1 amide bonds. The fraction of sp³-hybridized carbons (Fsp3) is 0.417. The van der Waals surface area contributed by atoms with Crippen molar-refractivity contribution in [2.75, 3.05) is 13.6 Å². The van der Waals surface area contributed by atoms with Crippen molar-refractivity contribution in [2.45, 2.75) is 19.8 Å². The summed E-state index contributed by atoms with van der Waals surface area (Å²) in [6.07, 6.45) is 3.64. The topological polar surface area (TPSA) is 50.5 Å². The Labute approximate surface area is 110 Å². The molecule has 0 bridgehead atoms. The van der Waals surface area contributed by atoms with Gasteiger partial charge in [-0.3, -0.25) is 4.79 Å². The largest absolute Gasteiger partial charge is 0.340 e. The number of carbonyl (C=O) groups excluding carboxylic acids is 1. The van der Waals surface area contributed by atoms with E-state index in [0.717, 1.165) is 19.4 Å². The van der Waals surface area contributed by atoms with Gasteiger partial charge in [-0.25, -0.2) is 9.50 Å². The lowest BCUT2D eigenvalue weighted by Crippen LogP contribution is -2.27. The molecule has 0 radical (unpaired) electrons. The molecule has 0 aliphatic carbocycles. The summed E-state index contributed by atoms with van der Waals surface area (Å²) >= 11 is 5.78. The molecule has 2 rings (SSSR count). The first-order valence-corrected chi connectivity index (χ1v) is 6.27. The molecule has 0 spiro atoms. The molecule has 96 valence electrons. The van der Waals surface area contributed by atoms with E-state index in [0.29, 0.717) is 16.5 Å². The van der Waals surface area contributed by atoms with Gasteiger partial charge in [0.05, 0.1) is 6.20 Å². The highest BCUT2D eigenvalue weighted by Crippen LogP contribution is 2.09. The van der Waals surface area contributed by atoms with Crippen LogP contribution in [0.1, 0.15) is 30.3 Å². The van der Waals surface area contributed by atoms with Gasteiger partial charge in [-0.2, -0.15) is 5.10 Å². The minimum Gasteiger partial charge on any atom is -0.340 e. The zero-order chi connectivity index (χ0) is 13.1. The summed E-state index contributed by atoms with van der Waals surface area (Å²) in [6, 6.07) is 3.39. The molecular formula is C12H15ClN4O. The van der Waals surface area contributed by atoms with E-state index in [1.807, 2.05) is 0 Å². The fourth-order valence-electron chi connectivity index (χ4n) is 1.65. The van der Waals surface area contributed by atoms with Gasteiger partial charge in [0.1, 0.15) is 10.8 Å². The maximum Gasteiger partial charge on any atom is 0.273 e. The molecule has 2 heterocycles. The van der Waals surface area contributed by atoms with Gasteiger partial charge in [-0.05, 0) is 18.6 Å². The molecule has 0 N–H and O–H groups in total. The third-order valence-corrected chi connectivity index (χ3v) is 2.90. The smallest absolute Gasteiger partial charge is 0.273 e. The number of carbonyl (C=O) groups is 1. The van der Waals surface area contributed by atoms with E-state index in [1.54, 1.807) is 30.3 Å². The van der Waals surface area contributed by atoms with Crippen molar-refractivity contribution in [3.63, 3.8) is 0 Å². The van der Waals surface area contributed by atoms with E-state index < -0.39 is 0 Å². The maximum absolute atomic E-state index is 12.1. The van der Waals surface area contributed by atoms with Crippen molar-refractivity contribution in [1.82, 2.24) is 19.5 Å². The number of amides is 1. The summed E-state index contributed by atoms with van der Waals surface area (Å²) in [6.45, 7) is 2.83. The summed E-state index contributed by atoms with van der Waals surface area (Å²) < 4.78 is 1.52. The van der Waals surface area contributed by atoms with Crippen LogP contribution in [0.4, 0.5) is 0 Å². The van der Waals surface area contributed by atoms with Crippen LogP contribution in [0.3, 0.4) is 0 Å². The molecule has 0 aromatic carbocycles. The van der Waals surface area contributed by atoms with Gasteiger partial charge < -0.3 is 4.90 Å². The van der Waals surface area contributed by atoms with E-state index in [9.17, 15) is 4.79 Å². The number of fused-ring (bicyclic) bond motifs is 1. The number of aromatic nitrogens is 3. The lowest BCUT2D eigenvalue weighted by atomic mass is 10.3. The number of imidazole rings is 1. The summed E-state index contributed by atoms with van der Waals surface area (Å²) in [5.74, 6) is -0.0925. The Bertz CT molecular complexity index is 566. The highest BCUT2D eigenvalue weighted by molar-refractivity contribution is 6.29. The second-order valence-corrected chi connectivity index (χ2v) is 4.55. The minimum absolute atomic E-state index is 0.0925. The summed E-state index contributed by atoms with van der Waals surface area (Å²) in [5, 5.41) is 4.42. The van der Waals surface area contributed by atoms with Crippen LogP contribution in [-0.4, -0.2) is 39.0 Å². The SMILES string of the molecule is CCCCN(C)C(=O)c1cn2nc(Cl)ccc2n1. The standard InChI is InChI=1S/C12H15ClN4O/c1-3-4-7-16(2)12(18)9-8-17-11(14-9)6-5-10(13)15-17/h5-6,8H,3-4,7H2,1-2H3. The summed E-state index contributed by atoms with van der Waals surface area (Å²) in [7, 11) is 1.78. The van der Waals surface area contributed by atoms with Gasteiger partial charge in [0.15, 0.2) is 5.65 Å². The number of hydrogen-bond donors (Lipinski definition) is 0. The second kappa shape index (κ2) is 5.35. The van der Waals surface area contributed by atoms with Crippen LogP contribution in [0.25, 0.3) is 5.65 Å². The molecule has 0 fully saturated rings. The third-order valence-electron chi connectivity index (χ3n) is 2.70. The average Bonchev–Trinajstić information content (AvgIpc) is 2.77. The number of unbranched alkanes of at least 4 members (excludes halogenated alkanes) is 1. The highest BCUT2D eigenvalue weighted by atomic mass is 35.5. The monoisotopic (exact) mass is 266 g/mol. The minimum atomic E-state index is -0.0925. The van der Waals surface area contributed by atoms with E-state index in [-0.39, 0.29) is 5.91 Å².